The number of hydrogen-bond acceptors (Lipinski definition) is 4. The van der Waals surface area contributed by atoms with Gasteiger partial charge in [-0.1, -0.05) is 42.5 Å². The number of nitrogens with zero attached hydrogens (tertiary/aromatic N) is 2. The fourth-order valence-corrected chi connectivity index (χ4v) is 2.63. The van der Waals surface area contributed by atoms with Crippen LogP contribution in [0.4, 0.5) is 17.2 Å². The summed E-state index contributed by atoms with van der Waals surface area (Å²) in [6, 6.07) is 27.9. The van der Waals surface area contributed by atoms with Crippen LogP contribution in [0, 0.1) is 0 Å². The second-order valence-corrected chi connectivity index (χ2v) is 5.77. The summed E-state index contributed by atoms with van der Waals surface area (Å²) < 4.78 is 10.7. The van der Waals surface area contributed by atoms with Crippen molar-refractivity contribution >= 4 is 17.2 Å². The molecule has 0 aliphatic rings. The summed E-state index contributed by atoms with van der Waals surface area (Å²) in [6.07, 6.45) is 5.36. The Morgan fingerprint density at radius 1 is 0.786 bits per heavy atom. The van der Waals surface area contributed by atoms with Crippen LogP contribution in [-0.2, 0) is 4.74 Å². The zero-order chi connectivity index (χ0) is 19.4. The molecule has 4 rings (SSSR count). The van der Waals surface area contributed by atoms with E-state index in [9.17, 15) is 0 Å². The van der Waals surface area contributed by atoms with E-state index in [1.165, 1.54) is 0 Å². The lowest BCUT2D eigenvalue weighted by Gasteiger charge is -2.24. The third kappa shape index (κ3) is 5.22. The molecule has 0 spiro atoms. The first-order valence-electron chi connectivity index (χ1n) is 8.94. The number of aromatic nitrogens is 2. The topological polar surface area (TPSA) is 50.4 Å². The van der Waals surface area contributed by atoms with Crippen molar-refractivity contribution in [3.8, 4) is 5.75 Å². The van der Waals surface area contributed by atoms with Gasteiger partial charge in [-0.25, -0.2) is 0 Å². The number of benzene rings is 2. The summed E-state index contributed by atoms with van der Waals surface area (Å²) in [7, 11) is 1.61. The van der Waals surface area contributed by atoms with Crippen LogP contribution in [0.5, 0.6) is 5.75 Å². The van der Waals surface area contributed by atoms with Gasteiger partial charge >= 0.3 is 0 Å². The van der Waals surface area contributed by atoms with Crippen LogP contribution in [0.15, 0.2) is 104 Å². The van der Waals surface area contributed by atoms with Crippen LogP contribution in [0.25, 0.3) is 0 Å². The van der Waals surface area contributed by atoms with Crippen molar-refractivity contribution in [3.63, 3.8) is 0 Å². The standard InChI is InChI=1S/C18H18N2O2.C5H5N/c1-21-14-22-17-12-13-19-18(17)20(15-8-4-2-5-9-15)16-10-6-3-7-11-16;1-2-4-6-5-3-1/h2-13,19H,14H2,1H3;1-5H. The van der Waals surface area contributed by atoms with E-state index in [2.05, 4.69) is 39.1 Å². The van der Waals surface area contributed by atoms with Crippen molar-refractivity contribution in [2.75, 3.05) is 18.8 Å². The van der Waals surface area contributed by atoms with Gasteiger partial charge < -0.3 is 14.5 Å². The predicted octanol–water partition coefficient (Wildman–Crippen LogP) is 5.55. The summed E-state index contributed by atoms with van der Waals surface area (Å²) in [6.45, 7) is 0.211. The highest BCUT2D eigenvalue weighted by molar-refractivity contribution is 5.77. The Hall–Kier alpha value is -3.57. The van der Waals surface area contributed by atoms with Gasteiger partial charge in [-0.15, -0.1) is 0 Å². The van der Waals surface area contributed by atoms with Gasteiger partial charge in [0, 0.05) is 43.1 Å². The molecule has 2 aromatic carbocycles. The molecule has 0 aliphatic carbocycles. The van der Waals surface area contributed by atoms with E-state index < -0.39 is 0 Å². The molecule has 4 aromatic rings. The van der Waals surface area contributed by atoms with E-state index in [4.69, 9.17) is 9.47 Å². The van der Waals surface area contributed by atoms with E-state index in [0.29, 0.717) is 0 Å². The normalized spacial score (nSPS) is 9.89. The minimum absolute atomic E-state index is 0.211. The quantitative estimate of drug-likeness (QED) is 0.450. The van der Waals surface area contributed by atoms with E-state index in [1.807, 2.05) is 66.9 Å². The highest BCUT2D eigenvalue weighted by Gasteiger charge is 2.17. The molecule has 0 unspecified atom stereocenters. The summed E-state index contributed by atoms with van der Waals surface area (Å²) in [5.74, 6) is 1.61. The van der Waals surface area contributed by atoms with Gasteiger partial charge in [0.05, 0.1) is 0 Å². The number of H-pyrrole nitrogens is 1. The number of hydrogen-bond donors (Lipinski definition) is 1. The first-order valence-corrected chi connectivity index (χ1v) is 8.94. The van der Waals surface area contributed by atoms with Gasteiger partial charge in [0.2, 0.25) is 0 Å². The molecule has 0 bridgehead atoms. The number of pyridine rings is 1. The molecular weight excluding hydrogens is 350 g/mol. The van der Waals surface area contributed by atoms with E-state index in [-0.39, 0.29) is 6.79 Å². The highest BCUT2D eigenvalue weighted by Crippen LogP contribution is 2.38. The van der Waals surface area contributed by atoms with E-state index >= 15 is 0 Å². The Labute approximate surface area is 165 Å². The molecule has 5 nitrogen and oxygen atoms in total. The van der Waals surface area contributed by atoms with Gasteiger partial charge in [0.25, 0.3) is 0 Å². The molecule has 1 N–H and O–H groups in total. The second-order valence-electron chi connectivity index (χ2n) is 5.77. The van der Waals surface area contributed by atoms with Crippen molar-refractivity contribution in [3.05, 3.63) is 104 Å². The van der Waals surface area contributed by atoms with Crippen molar-refractivity contribution < 1.29 is 9.47 Å². The highest BCUT2D eigenvalue weighted by atomic mass is 16.7. The average Bonchev–Trinajstić information content (AvgIpc) is 3.24. The molecule has 0 amide bonds. The lowest BCUT2D eigenvalue weighted by molar-refractivity contribution is 0.0516. The molecule has 2 aromatic heterocycles. The molecular formula is C23H23N3O2. The van der Waals surface area contributed by atoms with Gasteiger partial charge in [0.15, 0.2) is 18.4 Å². The number of nitrogens with one attached hydrogen (secondary N) is 1. The van der Waals surface area contributed by atoms with Gasteiger partial charge in [-0.05, 0) is 36.4 Å². The van der Waals surface area contributed by atoms with Crippen LogP contribution >= 0.6 is 0 Å². The summed E-state index contributed by atoms with van der Waals surface area (Å²) in [5.41, 5.74) is 2.11. The first kappa shape index (κ1) is 19.2. The second kappa shape index (κ2) is 10.5. The molecule has 0 fully saturated rings. The maximum atomic E-state index is 5.66. The van der Waals surface area contributed by atoms with Gasteiger partial charge in [0.1, 0.15) is 0 Å². The van der Waals surface area contributed by atoms with Crippen LogP contribution in [0.2, 0.25) is 0 Å². The maximum Gasteiger partial charge on any atom is 0.188 e. The number of methoxy groups -OCH3 is 1. The minimum Gasteiger partial charge on any atom is -0.464 e. The van der Waals surface area contributed by atoms with Crippen LogP contribution in [0.1, 0.15) is 0 Å². The molecule has 5 heteroatoms. The summed E-state index contributed by atoms with van der Waals surface area (Å²) in [5, 5.41) is 0. The van der Waals surface area contributed by atoms with Crippen LogP contribution in [0.3, 0.4) is 0 Å². The molecule has 0 saturated carbocycles. The zero-order valence-corrected chi connectivity index (χ0v) is 15.7. The molecule has 0 atom stereocenters. The molecule has 0 aliphatic heterocycles. The minimum atomic E-state index is 0.211. The van der Waals surface area contributed by atoms with Gasteiger partial charge in [-0.2, -0.15) is 0 Å². The smallest absolute Gasteiger partial charge is 0.188 e. The Bertz CT molecular complexity index is 846. The lowest BCUT2D eigenvalue weighted by atomic mass is 10.2. The Morgan fingerprint density at radius 3 is 1.82 bits per heavy atom. The third-order valence-corrected chi connectivity index (χ3v) is 3.84. The third-order valence-electron chi connectivity index (χ3n) is 3.84. The lowest BCUT2D eigenvalue weighted by Crippen LogP contribution is -2.12. The van der Waals surface area contributed by atoms with E-state index in [1.54, 1.807) is 19.5 Å². The largest absolute Gasteiger partial charge is 0.464 e. The molecule has 2 heterocycles. The van der Waals surface area contributed by atoms with Crippen molar-refractivity contribution in [1.82, 2.24) is 9.97 Å². The Kier molecular flexibility index (Phi) is 7.23. The van der Waals surface area contributed by atoms with Crippen LogP contribution in [-0.4, -0.2) is 23.9 Å². The monoisotopic (exact) mass is 373 g/mol. The molecule has 28 heavy (non-hydrogen) atoms. The van der Waals surface area contributed by atoms with E-state index in [0.717, 1.165) is 22.9 Å². The Morgan fingerprint density at radius 2 is 1.36 bits per heavy atom. The number of rotatable bonds is 6. The Balaban J connectivity index is 0.000000320. The zero-order valence-electron chi connectivity index (χ0n) is 15.7. The number of anilines is 3. The maximum absolute atomic E-state index is 5.66. The molecule has 142 valence electrons. The van der Waals surface area contributed by atoms with Gasteiger partial charge in [-0.3, -0.25) is 9.88 Å². The number of ether oxygens (including phenoxy) is 2. The average molecular weight is 373 g/mol. The number of para-hydroxylation sites is 2. The predicted molar refractivity (Wildman–Crippen MR) is 112 cm³/mol. The van der Waals surface area contributed by atoms with Crippen molar-refractivity contribution in [1.29, 1.82) is 0 Å². The fourth-order valence-electron chi connectivity index (χ4n) is 2.63. The van der Waals surface area contributed by atoms with Crippen molar-refractivity contribution in [2.45, 2.75) is 0 Å². The summed E-state index contributed by atoms with van der Waals surface area (Å²) >= 11 is 0. The summed E-state index contributed by atoms with van der Waals surface area (Å²) in [4.78, 5) is 9.16. The molecule has 0 radical (unpaired) electrons. The molecule has 0 saturated heterocycles. The van der Waals surface area contributed by atoms with Crippen molar-refractivity contribution in [2.24, 2.45) is 0 Å². The first-order chi connectivity index (χ1) is 13.9. The number of aromatic amines is 1. The SMILES string of the molecule is COCOc1cc[nH]c1N(c1ccccc1)c1ccccc1.c1ccncc1. The fraction of sp³-hybridized carbons (Fsp3) is 0.0870. The van der Waals surface area contributed by atoms with Crippen LogP contribution < -0.4 is 9.64 Å².